The summed E-state index contributed by atoms with van der Waals surface area (Å²) in [5.74, 6) is 0.675. The molecule has 3 amide bonds. The summed E-state index contributed by atoms with van der Waals surface area (Å²) in [5, 5.41) is 11.1. The van der Waals surface area contributed by atoms with Crippen molar-refractivity contribution in [1.82, 2.24) is 20.1 Å². The van der Waals surface area contributed by atoms with E-state index in [4.69, 9.17) is 4.42 Å². The minimum Gasteiger partial charge on any atom is -0.463 e. The predicted molar refractivity (Wildman–Crippen MR) is 111 cm³/mol. The van der Waals surface area contributed by atoms with Gasteiger partial charge in [-0.3, -0.25) is 9.69 Å². The largest absolute Gasteiger partial charge is 0.463 e. The third-order valence-electron chi connectivity index (χ3n) is 5.19. The molecule has 2 aliphatic heterocycles. The van der Waals surface area contributed by atoms with Crippen LogP contribution in [0.3, 0.4) is 0 Å². The number of carbonyl (C=O) groups is 2. The second-order valence-corrected chi connectivity index (χ2v) is 8.08. The van der Waals surface area contributed by atoms with E-state index in [9.17, 15) is 9.59 Å². The number of piperazine rings is 1. The van der Waals surface area contributed by atoms with Crippen molar-refractivity contribution < 1.29 is 14.0 Å². The van der Waals surface area contributed by atoms with Crippen LogP contribution < -0.4 is 5.32 Å². The number of rotatable bonds is 5. The molecular weight excluding hydrogens is 390 g/mol. The molecule has 2 aromatic rings. The number of furan rings is 1. The van der Waals surface area contributed by atoms with E-state index in [2.05, 4.69) is 15.3 Å². The Hall–Kier alpha value is -2.65. The van der Waals surface area contributed by atoms with Gasteiger partial charge in [-0.2, -0.15) is 5.10 Å². The number of urea groups is 1. The van der Waals surface area contributed by atoms with Crippen LogP contribution in [0, 0.1) is 0 Å². The lowest BCUT2D eigenvalue weighted by molar-refractivity contribution is -0.134. The minimum atomic E-state index is -0.0979. The molecular formula is C20H25N5O3S. The topological polar surface area (TPSA) is 81.4 Å². The molecule has 1 unspecified atom stereocenters. The second-order valence-electron chi connectivity index (χ2n) is 7.10. The summed E-state index contributed by atoms with van der Waals surface area (Å²) in [6.45, 7) is 5.41. The fraction of sp³-hybridized carbons (Fsp3) is 0.450. The summed E-state index contributed by atoms with van der Waals surface area (Å²) in [6.07, 6.45) is 2.27. The smallest absolute Gasteiger partial charge is 0.317 e. The molecule has 29 heavy (non-hydrogen) atoms. The fourth-order valence-electron chi connectivity index (χ4n) is 3.67. The zero-order chi connectivity index (χ0) is 20.2. The van der Waals surface area contributed by atoms with Crippen LogP contribution in [-0.2, 0) is 4.79 Å². The van der Waals surface area contributed by atoms with E-state index in [1.165, 1.54) is 0 Å². The first-order chi connectivity index (χ1) is 14.2. The molecule has 0 aliphatic carbocycles. The van der Waals surface area contributed by atoms with Crippen molar-refractivity contribution in [2.75, 3.05) is 39.3 Å². The molecule has 2 aliphatic rings. The summed E-state index contributed by atoms with van der Waals surface area (Å²) in [7, 11) is 0. The SMILES string of the molecule is CCNC(=O)N1CCN(CC(=O)N2N=C(c3ccco3)CC2c2cccs2)CC1. The van der Waals surface area contributed by atoms with Gasteiger partial charge in [0.2, 0.25) is 0 Å². The van der Waals surface area contributed by atoms with Gasteiger partial charge in [-0.1, -0.05) is 6.07 Å². The third-order valence-corrected chi connectivity index (χ3v) is 6.16. The van der Waals surface area contributed by atoms with Crippen molar-refractivity contribution in [2.45, 2.75) is 19.4 Å². The van der Waals surface area contributed by atoms with Crippen LogP contribution >= 0.6 is 11.3 Å². The lowest BCUT2D eigenvalue weighted by Crippen LogP contribution is -2.53. The highest BCUT2D eigenvalue weighted by atomic mass is 32.1. The average molecular weight is 416 g/mol. The summed E-state index contributed by atoms with van der Waals surface area (Å²) >= 11 is 1.63. The summed E-state index contributed by atoms with van der Waals surface area (Å²) in [6, 6.07) is 7.60. The zero-order valence-electron chi connectivity index (χ0n) is 16.4. The van der Waals surface area contributed by atoms with Gasteiger partial charge in [-0.25, -0.2) is 9.80 Å². The number of hydrogen-bond acceptors (Lipinski definition) is 6. The molecule has 1 N–H and O–H groups in total. The quantitative estimate of drug-likeness (QED) is 0.813. The highest BCUT2D eigenvalue weighted by Gasteiger charge is 2.35. The van der Waals surface area contributed by atoms with Crippen LogP contribution in [-0.4, -0.2) is 71.7 Å². The molecule has 0 radical (unpaired) electrons. The second kappa shape index (κ2) is 8.79. The van der Waals surface area contributed by atoms with Crippen LogP contribution in [0.2, 0.25) is 0 Å². The van der Waals surface area contributed by atoms with E-state index < -0.39 is 0 Å². The highest BCUT2D eigenvalue weighted by Crippen LogP contribution is 2.35. The van der Waals surface area contributed by atoms with Crippen LogP contribution in [0.4, 0.5) is 4.79 Å². The molecule has 1 atom stereocenters. The zero-order valence-corrected chi connectivity index (χ0v) is 17.2. The maximum atomic E-state index is 13.1. The molecule has 2 aromatic heterocycles. The maximum absolute atomic E-state index is 13.1. The monoisotopic (exact) mass is 415 g/mol. The molecule has 1 saturated heterocycles. The molecule has 154 valence electrons. The maximum Gasteiger partial charge on any atom is 0.317 e. The molecule has 0 aromatic carbocycles. The Morgan fingerprint density at radius 1 is 1.24 bits per heavy atom. The number of thiophene rings is 1. The van der Waals surface area contributed by atoms with E-state index in [-0.39, 0.29) is 18.0 Å². The van der Waals surface area contributed by atoms with E-state index in [0.29, 0.717) is 51.4 Å². The van der Waals surface area contributed by atoms with Gasteiger partial charge in [0.15, 0.2) is 0 Å². The first-order valence-electron chi connectivity index (χ1n) is 9.87. The molecule has 1 fully saturated rings. The first kappa shape index (κ1) is 19.7. The fourth-order valence-corrected chi connectivity index (χ4v) is 4.48. The number of hydrogen-bond donors (Lipinski definition) is 1. The van der Waals surface area contributed by atoms with Crippen molar-refractivity contribution in [1.29, 1.82) is 0 Å². The Balaban J connectivity index is 1.41. The molecule has 9 heteroatoms. The van der Waals surface area contributed by atoms with Gasteiger partial charge in [0.25, 0.3) is 5.91 Å². The normalized spacial score (nSPS) is 20.0. The van der Waals surface area contributed by atoms with Crippen LogP contribution in [0.1, 0.15) is 30.0 Å². The Kier molecular flexibility index (Phi) is 5.96. The lowest BCUT2D eigenvalue weighted by atomic mass is 10.1. The molecule has 8 nitrogen and oxygen atoms in total. The number of nitrogens with zero attached hydrogens (tertiary/aromatic N) is 4. The average Bonchev–Trinajstić information content (AvgIpc) is 3.49. The Morgan fingerprint density at radius 3 is 2.72 bits per heavy atom. The van der Waals surface area contributed by atoms with Crippen LogP contribution in [0.5, 0.6) is 0 Å². The number of carbonyl (C=O) groups excluding carboxylic acids is 2. The molecule has 4 rings (SSSR count). The Morgan fingerprint density at radius 2 is 2.07 bits per heavy atom. The van der Waals surface area contributed by atoms with E-state index in [0.717, 1.165) is 10.6 Å². The van der Waals surface area contributed by atoms with Gasteiger partial charge in [0.05, 0.1) is 18.8 Å². The van der Waals surface area contributed by atoms with Gasteiger partial charge in [0.1, 0.15) is 11.5 Å². The van der Waals surface area contributed by atoms with Crippen molar-refractivity contribution >= 4 is 29.0 Å². The van der Waals surface area contributed by atoms with E-state index in [1.807, 2.05) is 36.6 Å². The standard InChI is InChI=1S/C20H25N5O3S/c1-2-21-20(27)24-9-7-23(8-10-24)14-19(26)25-16(18-6-4-12-29-18)13-15(22-25)17-5-3-11-28-17/h3-6,11-12,16H,2,7-10,13-14H2,1H3,(H,21,27). The van der Waals surface area contributed by atoms with Crippen molar-refractivity contribution in [2.24, 2.45) is 5.10 Å². The Labute approximate surface area is 173 Å². The molecule has 0 spiro atoms. The van der Waals surface area contributed by atoms with Gasteiger partial charge >= 0.3 is 6.03 Å². The van der Waals surface area contributed by atoms with Crippen LogP contribution in [0.15, 0.2) is 45.4 Å². The number of amides is 3. The summed E-state index contributed by atoms with van der Waals surface area (Å²) < 4.78 is 5.50. The summed E-state index contributed by atoms with van der Waals surface area (Å²) in [4.78, 5) is 30.1. The van der Waals surface area contributed by atoms with Gasteiger partial charge < -0.3 is 14.6 Å². The number of hydrazone groups is 1. The van der Waals surface area contributed by atoms with Gasteiger partial charge in [-0.05, 0) is 30.5 Å². The minimum absolute atomic E-state index is 0.0311. The van der Waals surface area contributed by atoms with Gasteiger partial charge in [-0.15, -0.1) is 11.3 Å². The van der Waals surface area contributed by atoms with E-state index >= 15 is 0 Å². The van der Waals surface area contributed by atoms with Crippen molar-refractivity contribution in [3.8, 4) is 0 Å². The molecule has 0 bridgehead atoms. The first-order valence-corrected chi connectivity index (χ1v) is 10.8. The molecule has 0 saturated carbocycles. The number of nitrogens with one attached hydrogen (secondary N) is 1. The van der Waals surface area contributed by atoms with Crippen molar-refractivity contribution in [3.63, 3.8) is 0 Å². The lowest BCUT2D eigenvalue weighted by Gasteiger charge is -2.35. The van der Waals surface area contributed by atoms with E-state index in [1.54, 1.807) is 27.5 Å². The van der Waals surface area contributed by atoms with Gasteiger partial charge in [0, 0.05) is 44.0 Å². The predicted octanol–water partition coefficient (Wildman–Crippen LogP) is 2.37. The van der Waals surface area contributed by atoms with Crippen molar-refractivity contribution in [3.05, 3.63) is 46.5 Å². The summed E-state index contributed by atoms with van der Waals surface area (Å²) in [5.41, 5.74) is 0.794. The van der Waals surface area contributed by atoms with Crippen LogP contribution in [0.25, 0.3) is 0 Å². The highest BCUT2D eigenvalue weighted by molar-refractivity contribution is 7.10. The Bertz CT molecular complexity index is 857. The molecule has 4 heterocycles. The third kappa shape index (κ3) is 4.35.